The highest BCUT2D eigenvalue weighted by molar-refractivity contribution is 5.91. The number of hydrogen-bond acceptors (Lipinski definition) is 6. The van der Waals surface area contributed by atoms with E-state index in [2.05, 4.69) is 11.9 Å². The van der Waals surface area contributed by atoms with Crippen molar-refractivity contribution < 1.29 is 29.3 Å². The Morgan fingerprint density at radius 1 is 1.19 bits per heavy atom. The van der Waals surface area contributed by atoms with Crippen LogP contribution in [0.5, 0.6) is 0 Å². The molecule has 2 aliphatic carbocycles. The Morgan fingerprint density at radius 2 is 1.86 bits per heavy atom. The number of esters is 1. The second-order valence-corrected chi connectivity index (χ2v) is 11.0. The van der Waals surface area contributed by atoms with E-state index in [0.29, 0.717) is 18.4 Å². The summed E-state index contributed by atoms with van der Waals surface area (Å²) >= 11 is 0. The maximum absolute atomic E-state index is 14.2. The molecule has 3 aliphatic rings. The second-order valence-electron chi connectivity index (χ2n) is 11.0. The summed E-state index contributed by atoms with van der Waals surface area (Å²) in [5, 5.41) is 25.7. The van der Waals surface area contributed by atoms with Crippen molar-refractivity contribution in [3.63, 3.8) is 0 Å². The van der Waals surface area contributed by atoms with Crippen molar-refractivity contribution in [2.75, 3.05) is 0 Å². The lowest BCUT2D eigenvalue weighted by Gasteiger charge is -2.52. The number of amides is 1. The number of carbonyl (C=O) groups excluding carboxylic acids is 3. The number of Topliss-reactive ketones (excluding diaryl/α,β-unsaturated/α-hetero) is 1. The number of rotatable bonds is 3. The Morgan fingerprint density at radius 3 is 2.51 bits per heavy atom. The van der Waals surface area contributed by atoms with Crippen molar-refractivity contribution in [3.05, 3.63) is 72.4 Å². The van der Waals surface area contributed by atoms with Crippen LogP contribution in [0.3, 0.4) is 0 Å². The molecule has 4 rings (SSSR count). The first-order valence-corrected chi connectivity index (χ1v) is 12.9. The number of aliphatic hydroxyl groups excluding tert-OH is 1. The van der Waals surface area contributed by atoms with Gasteiger partial charge < -0.3 is 20.3 Å². The van der Waals surface area contributed by atoms with Gasteiger partial charge >= 0.3 is 5.97 Å². The number of benzene rings is 1. The van der Waals surface area contributed by atoms with Crippen LogP contribution in [0, 0.1) is 29.1 Å². The number of carbonyl (C=O) groups is 3. The van der Waals surface area contributed by atoms with Crippen LogP contribution in [0.2, 0.25) is 0 Å². The Hall–Kier alpha value is -3.03. The zero-order valence-electron chi connectivity index (χ0n) is 21.9. The van der Waals surface area contributed by atoms with Crippen LogP contribution < -0.4 is 5.32 Å². The minimum Gasteiger partial charge on any atom is -0.457 e. The SMILES string of the molecule is C=C1[C@@H](C)[C@H]2[C@@H](Cc3ccccc3)NC(=O)[C@]23[C@H](OC(C)=O)/C=C\[C@@](C)(O)C(=O)[C@@H](C)C/C=C\[C@H]3[C@H]1O. The normalized spacial score (nSPS) is 41.6. The van der Waals surface area contributed by atoms with Crippen LogP contribution in [-0.4, -0.2) is 51.7 Å². The van der Waals surface area contributed by atoms with Crippen molar-refractivity contribution in [2.24, 2.45) is 29.1 Å². The molecule has 1 saturated heterocycles. The Labute approximate surface area is 218 Å². The molecular formula is C30H37NO6. The molecule has 0 unspecified atom stereocenters. The first-order valence-electron chi connectivity index (χ1n) is 12.9. The maximum Gasteiger partial charge on any atom is 0.303 e. The molecule has 3 N–H and O–H groups in total. The van der Waals surface area contributed by atoms with E-state index >= 15 is 0 Å². The van der Waals surface area contributed by atoms with E-state index in [1.54, 1.807) is 19.1 Å². The van der Waals surface area contributed by atoms with Gasteiger partial charge in [0.25, 0.3) is 0 Å². The van der Waals surface area contributed by atoms with Crippen molar-refractivity contribution in [1.29, 1.82) is 0 Å². The van der Waals surface area contributed by atoms with Gasteiger partial charge in [-0.25, -0.2) is 0 Å². The molecule has 1 heterocycles. The van der Waals surface area contributed by atoms with Gasteiger partial charge in [-0.3, -0.25) is 14.4 Å². The van der Waals surface area contributed by atoms with E-state index in [-0.39, 0.29) is 23.7 Å². The lowest BCUT2D eigenvalue weighted by molar-refractivity contribution is -0.166. The van der Waals surface area contributed by atoms with Crippen molar-refractivity contribution >= 4 is 17.7 Å². The molecule has 0 aromatic heterocycles. The monoisotopic (exact) mass is 507 g/mol. The molecule has 1 spiro atoms. The van der Waals surface area contributed by atoms with Gasteiger partial charge in [0.2, 0.25) is 5.91 Å². The van der Waals surface area contributed by atoms with Gasteiger partial charge in [0.05, 0.1) is 6.10 Å². The predicted octanol–water partition coefficient (Wildman–Crippen LogP) is 2.92. The van der Waals surface area contributed by atoms with E-state index in [1.165, 1.54) is 26.0 Å². The van der Waals surface area contributed by atoms with Crippen molar-refractivity contribution in [2.45, 2.75) is 64.4 Å². The van der Waals surface area contributed by atoms with E-state index in [4.69, 9.17) is 4.74 Å². The molecule has 1 amide bonds. The zero-order valence-corrected chi connectivity index (χ0v) is 21.9. The minimum absolute atomic E-state index is 0.287. The summed E-state index contributed by atoms with van der Waals surface area (Å²) < 4.78 is 5.81. The number of hydrogen-bond donors (Lipinski definition) is 3. The summed E-state index contributed by atoms with van der Waals surface area (Å²) in [6, 6.07) is 9.49. The predicted molar refractivity (Wildman–Crippen MR) is 139 cm³/mol. The highest BCUT2D eigenvalue weighted by Gasteiger charge is 2.68. The topological polar surface area (TPSA) is 113 Å². The van der Waals surface area contributed by atoms with Gasteiger partial charge in [-0.1, -0.05) is 62.9 Å². The van der Waals surface area contributed by atoms with Crippen LogP contribution in [0.4, 0.5) is 0 Å². The average Bonchev–Trinajstić information content (AvgIpc) is 3.13. The molecule has 9 atom stereocenters. The smallest absolute Gasteiger partial charge is 0.303 e. The Bertz CT molecular complexity index is 1140. The molecule has 7 heteroatoms. The maximum atomic E-state index is 14.2. The summed E-state index contributed by atoms with van der Waals surface area (Å²) in [6.45, 7) is 10.5. The fraction of sp³-hybridized carbons (Fsp3) is 0.500. The molecule has 0 radical (unpaired) electrons. The molecule has 37 heavy (non-hydrogen) atoms. The highest BCUT2D eigenvalue weighted by atomic mass is 16.5. The van der Waals surface area contributed by atoms with Crippen LogP contribution in [-0.2, 0) is 25.5 Å². The third-order valence-electron chi connectivity index (χ3n) is 8.53. The van der Waals surface area contributed by atoms with Gasteiger partial charge in [0.1, 0.15) is 17.1 Å². The summed E-state index contributed by atoms with van der Waals surface area (Å²) in [5.41, 5.74) is -1.55. The molecule has 0 bridgehead atoms. The van der Waals surface area contributed by atoms with Crippen LogP contribution in [0.15, 0.2) is 66.8 Å². The minimum atomic E-state index is -1.82. The summed E-state index contributed by atoms with van der Waals surface area (Å²) in [4.78, 5) is 39.5. The van der Waals surface area contributed by atoms with Gasteiger partial charge in [-0.2, -0.15) is 0 Å². The van der Waals surface area contributed by atoms with E-state index in [9.17, 15) is 24.6 Å². The van der Waals surface area contributed by atoms with Gasteiger partial charge in [0.15, 0.2) is 5.78 Å². The lowest BCUT2D eigenvalue weighted by atomic mass is 9.51. The van der Waals surface area contributed by atoms with E-state index < -0.39 is 46.9 Å². The van der Waals surface area contributed by atoms with E-state index in [1.807, 2.05) is 37.3 Å². The lowest BCUT2D eigenvalue weighted by Crippen LogP contribution is -2.60. The summed E-state index contributed by atoms with van der Waals surface area (Å²) in [7, 11) is 0. The zero-order chi connectivity index (χ0) is 27.1. The van der Waals surface area contributed by atoms with Crippen LogP contribution >= 0.6 is 0 Å². The molecule has 198 valence electrons. The standard InChI is InChI=1S/C30H37NO6/c1-17-10-9-13-22-26(33)19(3)18(2)25-23(16-21-11-7-6-8-12-21)31-28(35)30(22,25)24(37-20(4)32)14-15-29(5,36)27(17)34/h6-9,11-15,17-18,22-26,33,36H,3,10,16H2,1-2,4-5H3,(H,31,35)/b13-9-,15-14-/t17-,18+,22-,23+,24+,25-,26-,29+,30+/m0/s1. The van der Waals surface area contributed by atoms with Gasteiger partial charge in [-0.15, -0.1) is 0 Å². The highest BCUT2D eigenvalue weighted by Crippen LogP contribution is 2.58. The summed E-state index contributed by atoms with van der Waals surface area (Å²) in [6.07, 6.45) is 5.01. The number of ether oxygens (including phenoxy) is 1. The van der Waals surface area contributed by atoms with E-state index in [0.717, 1.165) is 5.56 Å². The fourth-order valence-corrected chi connectivity index (χ4v) is 6.68. The van der Waals surface area contributed by atoms with Crippen LogP contribution in [0.25, 0.3) is 0 Å². The fourth-order valence-electron chi connectivity index (χ4n) is 6.68. The molecule has 1 aromatic rings. The first kappa shape index (κ1) is 27.0. The number of nitrogens with one attached hydrogen (secondary N) is 1. The number of allylic oxidation sites excluding steroid dienone is 1. The van der Waals surface area contributed by atoms with Crippen molar-refractivity contribution in [3.8, 4) is 0 Å². The molecule has 7 nitrogen and oxygen atoms in total. The quantitative estimate of drug-likeness (QED) is 0.428. The van der Waals surface area contributed by atoms with Gasteiger partial charge in [0, 0.05) is 30.7 Å². The average molecular weight is 508 g/mol. The Kier molecular flexibility index (Phi) is 7.32. The van der Waals surface area contributed by atoms with Crippen LogP contribution in [0.1, 0.15) is 39.7 Å². The molecular weight excluding hydrogens is 470 g/mol. The molecule has 2 fully saturated rings. The third kappa shape index (κ3) is 4.59. The molecule has 1 aromatic carbocycles. The second kappa shape index (κ2) is 10.0. The Balaban J connectivity index is 1.94. The van der Waals surface area contributed by atoms with Crippen molar-refractivity contribution in [1.82, 2.24) is 5.32 Å². The number of aliphatic hydroxyl groups is 2. The third-order valence-corrected chi connectivity index (χ3v) is 8.53. The summed E-state index contributed by atoms with van der Waals surface area (Å²) in [5.74, 6) is -3.26. The largest absolute Gasteiger partial charge is 0.457 e. The van der Waals surface area contributed by atoms with Gasteiger partial charge in [-0.05, 0) is 49.0 Å². The first-order chi connectivity index (χ1) is 17.4. The number of ketones is 1. The molecule has 1 aliphatic heterocycles. The molecule has 1 saturated carbocycles.